The second-order valence-electron chi connectivity index (χ2n) is 31.5. The predicted octanol–water partition coefficient (Wildman–Crippen LogP) is 36.7. The zero-order chi connectivity index (χ0) is 85.1. The molecule has 0 unspecified atom stereocenters. The summed E-state index contributed by atoms with van der Waals surface area (Å²) in [4.78, 5) is 6.99. The molecule has 604 valence electrons. The van der Waals surface area contributed by atoms with Crippen LogP contribution in [-0.2, 0) is 0 Å². The van der Waals surface area contributed by atoms with E-state index in [1.165, 1.54) is 103 Å². The van der Waals surface area contributed by atoms with Crippen molar-refractivity contribution in [1.82, 2.24) is 0 Å². The molecule has 9 heteroatoms. The van der Waals surface area contributed by atoms with Crippen molar-refractivity contribution >= 4 is 185 Å². The Balaban J connectivity index is 0.000000116. The van der Waals surface area contributed by atoms with Crippen LogP contribution in [0.5, 0.6) is 0 Å². The van der Waals surface area contributed by atoms with Crippen LogP contribution in [0.2, 0.25) is 0 Å². The third kappa shape index (κ3) is 16.7. The first kappa shape index (κ1) is 79.5. The topological polar surface area (TPSA) is 36.0 Å². The van der Waals surface area contributed by atoms with Crippen LogP contribution in [-0.4, -0.2) is 0 Å². The maximum absolute atomic E-state index is 6.17. The molecule has 3 aromatic heterocycles. The molecule has 127 heavy (non-hydrogen) atoms. The molecule has 0 saturated heterocycles. The van der Waals surface area contributed by atoms with Gasteiger partial charge in [-0.1, -0.05) is 327 Å². The van der Waals surface area contributed by atoms with E-state index in [2.05, 4.69) is 511 Å². The van der Waals surface area contributed by atoms with E-state index in [4.69, 9.17) is 8.83 Å². The second kappa shape index (κ2) is 35.5. The summed E-state index contributed by atoms with van der Waals surface area (Å²) in [5.41, 5.74) is 30.2. The van der Waals surface area contributed by atoms with Gasteiger partial charge in [0.1, 0.15) is 22.3 Å². The first-order chi connectivity index (χ1) is 62.6. The number of anilines is 9. The van der Waals surface area contributed by atoms with Gasteiger partial charge in [-0.2, -0.15) is 0 Å². The van der Waals surface area contributed by atoms with Crippen molar-refractivity contribution in [2.45, 2.75) is 0 Å². The molecule has 23 rings (SSSR count). The third-order valence-corrected chi connectivity index (χ3v) is 26.2. The summed E-state index contributed by atoms with van der Waals surface area (Å²) in [7, 11) is 0. The monoisotopic (exact) mass is 1840 g/mol. The molecule has 0 saturated carbocycles. The van der Waals surface area contributed by atoms with E-state index in [0.29, 0.717) is 0 Å². The van der Waals surface area contributed by atoms with Gasteiger partial charge in [-0.3, -0.25) is 0 Å². The Morgan fingerprint density at radius 1 is 0.165 bits per heavy atom. The number of hydrogen-bond donors (Lipinski definition) is 0. The van der Waals surface area contributed by atoms with Crippen LogP contribution in [0.15, 0.2) is 495 Å². The smallest absolute Gasteiger partial charge is 0.135 e. The molecule has 0 atom stereocenters. The number of para-hydroxylation sites is 4. The first-order valence-electron chi connectivity index (χ1n) is 42.4. The fraction of sp³-hybridized carbons (Fsp3) is 0. The Kier molecular flexibility index (Phi) is 22.2. The van der Waals surface area contributed by atoms with Crippen LogP contribution in [0.3, 0.4) is 0 Å². The summed E-state index contributed by atoms with van der Waals surface area (Å²) < 4.78 is 18.2. The van der Waals surface area contributed by atoms with Gasteiger partial charge in [0.15, 0.2) is 0 Å². The summed E-state index contributed by atoms with van der Waals surface area (Å²) in [6.45, 7) is 0. The fourth-order valence-corrected chi connectivity index (χ4v) is 19.4. The minimum absolute atomic E-state index is 0.889. The molecule has 3 heterocycles. The summed E-state index contributed by atoms with van der Waals surface area (Å²) in [6.07, 6.45) is 0. The maximum Gasteiger partial charge on any atom is 0.135 e. The van der Waals surface area contributed by atoms with Crippen LogP contribution in [0.25, 0.3) is 153 Å². The van der Waals surface area contributed by atoms with Gasteiger partial charge in [0.05, 0.1) is 0 Å². The van der Waals surface area contributed by atoms with Crippen LogP contribution in [0.1, 0.15) is 0 Å². The summed E-state index contributed by atoms with van der Waals surface area (Å²) in [5.74, 6) is 0. The van der Waals surface area contributed by atoms with Crippen molar-refractivity contribution in [3.63, 3.8) is 0 Å². The van der Waals surface area contributed by atoms with Gasteiger partial charge in [0, 0.05) is 106 Å². The van der Waals surface area contributed by atoms with E-state index in [1.807, 2.05) is 35.6 Å². The van der Waals surface area contributed by atoms with E-state index >= 15 is 0 Å². The highest BCUT2D eigenvalue weighted by molar-refractivity contribution is 9.11. The summed E-state index contributed by atoms with van der Waals surface area (Å²) >= 11 is 12.6. The molecular weight excluding hydrogens is 1760 g/mol. The minimum Gasteiger partial charge on any atom is -0.456 e. The van der Waals surface area contributed by atoms with Gasteiger partial charge in [0.2, 0.25) is 0 Å². The van der Waals surface area contributed by atoms with Crippen molar-refractivity contribution in [1.29, 1.82) is 0 Å². The van der Waals surface area contributed by atoms with Crippen molar-refractivity contribution in [2.24, 2.45) is 0 Å². The van der Waals surface area contributed by atoms with E-state index in [1.54, 1.807) is 0 Å². The van der Waals surface area contributed by atoms with Crippen LogP contribution in [0.4, 0.5) is 51.2 Å². The lowest BCUT2D eigenvalue weighted by molar-refractivity contribution is 0.668. The van der Waals surface area contributed by atoms with E-state index in [-0.39, 0.29) is 0 Å². The summed E-state index contributed by atoms with van der Waals surface area (Å²) in [5, 5.41) is 9.52. The molecule has 0 aliphatic rings. The molecule has 20 aromatic carbocycles. The quantitative estimate of drug-likeness (QED) is 0.0963. The first-order valence-corrected chi connectivity index (χ1v) is 45.6. The van der Waals surface area contributed by atoms with Crippen molar-refractivity contribution < 1.29 is 8.83 Å². The standard InChI is InChI=1S/C42H28BrNO.C40H26BrNO.C36H24BrNS/c43-35-19-15-30(16-20-35)33-25-32(29-9-3-1-4-10-29)26-34(27-33)31-17-21-37(22-18-31)44(36-11-5-2-6-12-36)38-23-24-42-40(28-38)39-13-7-8-14-41(39)45-42;41-31-13-7-11-29(23-31)35-15-3-4-16-36(35)30-12-8-14-32(25-30)42(33-20-19-27-9-1-2-10-28(27)24-33)34-21-22-40-38(26-34)37-17-5-6-18-39(37)43-40;37-29-18-14-27(15-19-29)25-10-12-26(13-11-25)28-16-20-31(21-17-28)38(30-6-2-1-3-7-30)32-22-23-34-33-8-4-5-9-35(33)39-36(34)24-32/h1-28H;1-26H;1-24H. The van der Waals surface area contributed by atoms with Gasteiger partial charge in [0.25, 0.3) is 0 Å². The lowest BCUT2D eigenvalue weighted by Crippen LogP contribution is -2.10. The number of fused-ring (bicyclic) bond motifs is 10. The number of nitrogens with zero attached hydrogens (tertiary/aromatic N) is 3. The molecule has 0 N–H and O–H groups in total. The molecule has 0 bridgehead atoms. The summed E-state index contributed by atoms with van der Waals surface area (Å²) in [6, 6.07) is 168. The van der Waals surface area contributed by atoms with E-state index < -0.39 is 0 Å². The Hall–Kier alpha value is -14.7. The number of furan rings is 2. The molecule has 0 aliphatic carbocycles. The average molecular weight is 1840 g/mol. The highest BCUT2D eigenvalue weighted by Gasteiger charge is 2.22. The number of rotatable bonds is 16. The molecule has 5 nitrogen and oxygen atoms in total. The van der Waals surface area contributed by atoms with Gasteiger partial charge in [-0.25, -0.2) is 0 Å². The molecule has 0 radical (unpaired) electrons. The molecule has 0 fully saturated rings. The minimum atomic E-state index is 0.889. The molecule has 0 aliphatic heterocycles. The predicted molar refractivity (Wildman–Crippen MR) is 549 cm³/mol. The van der Waals surface area contributed by atoms with Crippen LogP contribution >= 0.6 is 59.1 Å². The number of halogens is 3. The van der Waals surface area contributed by atoms with Gasteiger partial charge >= 0.3 is 0 Å². The highest BCUT2D eigenvalue weighted by atomic mass is 79.9. The number of benzene rings is 20. The molecule has 0 amide bonds. The largest absolute Gasteiger partial charge is 0.456 e. The Labute approximate surface area is 766 Å². The molecule has 0 spiro atoms. The van der Waals surface area contributed by atoms with Crippen LogP contribution in [0, 0.1) is 0 Å². The molecule has 23 aromatic rings. The van der Waals surface area contributed by atoms with Crippen molar-refractivity contribution in [3.8, 4) is 77.9 Å². The zero-order valence-corrected chi connectivity index (χ0v) is 74.3. The Morgan fingerprint density at radius 2 is 0.496 bits per heavy atom. The van der Waals surface area contributed by atoms with E-state index in [0.717, 1.165) is 114 Å². The second-order valence-corrected chi connectivity index (χ2v) is 35.3. The normalized spacial score (nSPS) is 11.3. The van der Waals surface area contributed by atoms with Crippen LogP contribution < -0.4 is 14.7 Å². The van der Waals surface area contributed by atoms with Crippen molar-refractivity contribution in [3.05, 3.63) is 487 Å². The van der Waals surface area contributed by atoms with Gasteiger partial charge < -0.3 is 23.5 Å². The lowest BCUT2D eigenvalue weighted by Gasteiger charge is -2.26. The van der Waals surface area contributed by atoms with Gasteiger partial charge in [-0.15, -0.1) is 11.3 Å². The van der Waals surface area contributed by atoms with Crippen molar-refractivity contribution in [2.75, 3.05) is 14.7 Å². The fourth-order valence-electron chi connectivity index (χ4n) is 17.3. The molecular formula is C118H78Br3N3O2S. The zero-order valence-electron chi connectivity index (χ0n) is 68.7. The Bertz CT molecular complexity index is 7910. The highest BCUT2D eigenvalue weighted by Crippen LogP contribution is 2.47. The number of hydrogen-bond acceptors (Lipinski definition) is 6. The third-order valence-electron chi connectivity index (χ3n) is 23.6. The van der Waals surface area contributed by atoms with Gasteiger partial charge in [-0.05, 0) is 283 Å². The Morgan fingerprint density at radius 3 is 1.02 bits per heavy atom. The lowest BCUT2D eigenvalue weighted by atomic mass is 9.93. The average Bonchev–Trinajstić information content (AvgIpc) is 1.72. The number of thiophene rings is 1. The van der Waals surface area contributed by atoms with E-state index in [9.17, 15) is 0 Å². The SMILES string of the molecule is Brc1ccc(-c2cc(-c3ccccc3)cc(-c3ccc(N(c4ccccc4)c4ccc5oc6ccccc6c5c4)cc3)c2)cc1.Brc1ccc(-c2ccc(-c3ccc(N(c4ccccc4)c4ccc5c(c4)sc4ccccc45)cc3)cc2)cc1.Brc1cccc(-c2ccccc2-c2cccc(N(c3ccc4ccccc4c3)c3ccc4oc5ccccc5c4c3)c2)c1. The maximum atomic E-state index is 6.17.